The molecule has 3 aromatic rings. The lowest BCUT2D eigenvalue weighted by Crippen LogP contribution is -2.15. The van der Waals surface area contributed by atoms with E-state index >= 15 is 0 Å². The summed E-state index contributed by atoms with van der Waals surface area (Å²) >= 11 is 0. The molecule has 0 N–H and O–H groups in total. The molecule has 0 fully saturated rings. The summed E-state index contributed by atoms with van der Waals surface area (Å²) in [7, 11) is 2.08. The molecule has 0 unspecified atom stereocenters. The van der Waals surface area contributed by atoms with Crippen LogP contribution in [0.25, 0.3) is 5.69 Å². The van der Waals surface area contributed by atoms with E-state index in [2.05, 4.69) is 47.5 Å². The average Bonchev–Trinajstić information content (AvgIpc) is 2.99. The second-order valence-electron chi connectivity index (χ2n) is 4.82. The predicted molar refractivity (Wildman–Crippen MR) is 82.1 cm³/mol. The van der Waals surface area contributed by atoms with Gasteiger partial charge in [0, 0.05) is 13.6 Å². The largest absolute Gasteiger partial charge is 0.368 e. The highest BCUT2D eigenvalue weighted by Crippen LogP contribution is 2.16. The first kappa shape index (κ1) is 12.5. The molecule has 1 heterocycles. The molecule has 20 heavy (non-hydrogen) atoms. The van der Waals surface area contributed by atoms with Crippen molar-refractivity contribution in [3.63, 3.8) is 0 Å². The van der Waals surface area contributed by atoms with Crippen LogP contribution in [0.5, 0.6) is 0 Å². The van der Waals surface area contributed by atoms with Gasteiger partial charge in [0.15, 0.2) is 0 Å². The van der Waals surface area contributed by atoms with Gasteiger partial charge in [0.25, 0.3) is 0 Å². The van der Waals surface area contributed by atoms with Crippen LogP contribution in [-0.4, -0.2) is 16.8 Å². The summed E-state index contributed by atoms with van der Waals surface area (Å²) in [5.74, 6) is 0. The molecule has 2 aromatic carbocycles. The molecule has 3 rings (SSSR count). The lowest BCUT2D eigenvalue weighted by molar-refractivity contribution is 0.878. The second-order valence-corrected chi connectivity index (χ2v) is 4.82. The summed E-state index contributed by atoms with van der Waals surface area (Å²) in [6, 6.07) is 20.6. The minimum atomic E-state index is 0.876. The number of nitrogens with zero attached hydrogens (tertiary/aromatic N) is 3. The van der Waals surface area contributed by atoms with Crippen LogP contribution in [0.4, 0.5) is 5.69 Å². The van der Waals surface area contributed by atoms with Gasteiger partial charge in [0.2, 0.25) is 0 Å². The second kappa shape index (κ2) is 5.61. The van der Waals surface area contributed by atoms with Crippen LogP contribution in [0.15, 0.2) is 73.1 Å². The third kappa shape index (κ3) is 2.72. The van der Waals surface area contributed by atoms with E-state index in [9.17, 15) is 0 Å². The molecule has 0 aliphatic carbocycles. The van der Waals surface area contributed by atoms with Crippen molar-refractivity contribution >= 4 is 5.69 Å². The number of benzene rings is 2. The van der Waals surface area contributed by atoms with Crippen molar-refractivity contribution < 1.29 is 0 Å². The summed E-state index contributed by atoms with van der Waals surface area (Å²) in [6.07, 6.45) is 3.95. The minimum Gasteiger partial charge on any atom is -0.368 e. The Morgan fingerprint density at radius 3 is 2.30 bits per heavy atom. The first-order chi connectivity index (χ1) is 9.83. The number of para-hydroxylation sites is 1. The molecule has 0 aliphatic heterocycles. The van der Waals surface area contributed by atoms with E-state index in [-0.39, 0.29) is 0 Å². The monoisotopic (exact) mass is 263 g/mol. The molecule has 3 heteroatoms. The van der Waals surface area contributed by atoms with Gasteiger partial charge in [-0.15, -0.1) is 0 Å². The molecule has 3 nitrogen and oxygen atoms in total. The van der Waals surface area contributed by atoms with Crippen molar-refractivity contribution in [2.75, 3.05) is 11.9 Å². The van der Waals surface area contributed by atoms with Crippen LogP contribution >= 0.6 is 0 Å². The molecule has 0 atom stereocenters. The molecule has 0 aliphatic rings. The zero-order valence-electron chi connectivity index (χ0n) is 11.5. The highest BCUT2D eigenvalue weighted by Gasteiger charge is 2.05. The summed E-state index contributed by atoms with van der Waals surface area (Å²) in [5.41, 5.74) is 3.48. The lowest BCUT2D eigenvalue weighted by atomic mass is 10.2. The summed E-state index contributed by atoms with van der Waals surface area (Å²) in [4.78, 5) is 2.20. The van der Waals surface area contributed by atoms with Crippen LogP contribution in [0.2, 0.25) is 0 Å². The third-order valence-electron chi connectivity index (χ3n) is 3.29. The molecule has 0 saturated carbocycles. The Labute approximate surface area is 119 Å². The van der Waals surface area contributed by atoms with Gasteiger partial charge >= 0.3 is 0 Å². The Kier molecular flexibility index (Phi) is 3.50. The smallest absolute Gasteiger partial charge is 0.0757 e. The van der Waals surface area contributed by atoms with Crippen molar-refractivity contribution in [3.05, 3.63) is 78.6 Å². The number of aromatic nitrogens is 2. The maximum absolute atomic E-state index is 4.42. The summed E-state index contributed by atoms with van der Waals surface area (Å²) in [6.45, 7) is 0.876. The fourth-order valence-electron chi connectivity index (χ4n) is 2.18. The maximum atomic E-state index is 4.42. The molecule has 0 radical (unpaired) electrons. The van der Waals surface area contributed by atoms with Crippen molar-refractivity contribution in [1.82, 2.24) is 9.78 Å². The van der Waals surface area contributed by atoms with E-state index in [4.69, 9.17) is 0 Å². The standard InChI is InChI=1S/C17H17N3/c1-19(13-15-8-4-2-5-9-15)17-12-18-20(14-17)16-10-6-3-7-11-16/h2-12,14H,13H2,1H3. The van der Waals surface area contributed by atoms with Crippen LogP contribution in [-0.2, 0) is 6.54 Å². The van der Waals surface area contributed by atoms with Gasteiger partial charge in [-0.25, -0.2) is 4.68 Å². The van der Waals surface area contributed by atoms with Crippen molar-refractivity contribution in [1.29, 1.82) is 0 Å². The van der Waals surface area contributed by atoms with E-state index in [1.54, 1.807) is 0 Å². The van der Waals surface area contributed by atoms with Crippen molar-refractivity contribution in [2.24, 2.45) is 0 Å². The van der Waals surface area contributed by atoms with Crippen molar-refractivity contribution in [2.45, 2.75) is 6.54 Å². The number of anilines is 1. The minimum absolute atomic E-state index is 0.876. The summed E-state index contributed by atoms with van der Waals surface area (Å²) < 4.78 is 1.90. The van der Waals surface area contributed by atoms with Crippen LogP contribution in [0.1, 0.15) is 5.56 Å². The zero-order chi connectivity index (χ0) is 13.8. The van der Waals surface area contributed by atoms with E-state index in [1.807, 2.05) is 47.3 Å². The number of rotatable bonds is 4. The van der Waals surface area contributed by atoms with Gasteiger partial charge in [-0.2, -0.15) is 5.10 Å². The zero-order valence-corrected chi connectivity index (χ0v) is 11.5. The van der Waals surface area contributed by atoms with Gasteiger partial charge < -0.3 is 4.90 Å². The van der Waals surface area contributed by atoms with Crippen LogP contribution < -0.4 is 4.90 Å². The van der Waals surface area contributed by atoms with Gasteiger partial charge in [-0.1, -0.05) is 48.5 Å². The predicted octanol–water partition coefficient (Wildman–Crippen LogP) is 3.51. The molecule has 0 saturated heterocycles. The maximum Gasteiger partial charge on any atom is 0.0757 e. The van der Waals surface area contributed by atoms with E-state index in [0.717, 1.165) is 17.9 Å². The first-order valence-electron chi connectivity index (χ1n) is 6.68. The highest BCUT2D eigenvalue weighted by atomic mass is 15.3. The number of hydrogen-bond donors (Lipinski definition) is 0. The Hall–Kier alpha value is -2.55. The Balaban J connectivity index is 1.77. The molecule has 0 amide bonds. The normalized spacial score (nSPS) is 10.4. The highest BCUT2D eigenvalue weighted by molar-refractivity contribution is 5.45. The van der Waals surface area contributed by atoms with E-state index in [0.29, 0.717) is 0 Å². The fourth-order valence-corrected chi connectivity index (χ4v) is 2.18. The Bertz CT molecular complexity index is 659. The number of hydrogen-bond acceptors (Lipinski definition) is 2. The average molecular weight is 263 g/mol. The first-order valence-corrected chi connectivity index (χ1v) is 6.68. The Morgan fingerprint density at radius 1 is 0.950 bits per heavy atom. The van der Waals surface area contributed by atoms with Gasteiger partial charge in [-0.05, 0) is 17.7 Å². The Morgan fingerprint density at radius 2 is 1.60 bits per heavy atom. The van der Waals surface area contributed by atoms with Crippen LogP contribution in [0.3, 0.4) is 0 Å². The molecular formula is C17H17N3. The molecule has 100 valence electrons. The van der Waals surface area contributed by atoms with Gasteiger partial charge in [0.1, 0.15) is 0 Å². The lowest BCUT2D eigenvalue weighted by Gasteiger charge is -2.16. The van der Waals surface area contributed by atoms with Gasteiger partial charge in [0.05, 0.1) is 23.8 Å². The molecule has 0 spiro atoms. The topological polar surface area (TPSA) is 21.1 Å². The van der Waals surface area contributed by atoms with E-state index < -0.39 is 0 Å². The third-order valence-corrected chi connectivity index (χ3v) is 3.29. The summed E-state index contributed by atoms with van der Waals surface area (Å²) in [5, 5.41) is 4.42. The molecule has 0 bridgehead atoms. The van der Waals surface area contributed by atoms with E-state index in [1.165, 1.54) is 5.56 Å². The van der Waals surface area contributed by atoms with Crippen LogP contribution in [0, 0.1) is 0 Å². The van der Waals surface area contributed by atoms with Crippen molar-refractivity contribution in [3.8, 4) is 5.69 Å². The SMILES string of the molecule is CN(Cc1ccccc1)c1cnn(-c2ccccc2)c1. The van der Waals surface area contributed by atoms with Gasteiger partial charge in [-0.3, -0.25) is 0 Å². The fraction of sp³-hybridized carbons (Fsp3) is 0.118. The quantitative estimate of drug-likeness (QED) is 0.718. The molecular weight excluding hydrogens is 246 g/mol. The molecule has 1 aromatic heterocycles.